The molecule has 0 bridgehead atoms. The molecule has 2 aliphatic rings. The van der Waals surface area contributed by atoms with Gasteiger partial charge >= 0.3 is 5.97 Å². The maximum Gasteiger partial charge on any atom is 0.323 e. The van der Waals surface area contributed by atoms with Crippen molar-refractivity contribution in [2.75, 3.05) is 19.8 Å². The van der Waals surface area contributed by atoms with Gasteiger partial charge in [-0.1, -0.05) is 31.4 Å². The summed E-state index contributed by atoms with van der Waals surface area (Å²) in [5.74, 6) is -0.614. The number of carboxylic acid groups (broad SMARTS) is 1. The molecule has 0 unspecified atom stereocenters. The molecule has 1 aliphatic carbocycles. The average molecular weight is 345 g/mol. The molecule has 0 aromatic heterocycles. The lowest BCUT2D eigenvalue weighted by atomic mass is 9.90. The van der Waals surface area contributed by atoms with Crippen molar-refractivity contribution >= 4 is 11.9 Å². The highest BCUT2D eigenvalue weighted by Gasteiger charge is 2.28. The molecule has 1 amide bonds. The first-order valence-electron chi connectivity index (χ1n) is 9.35. The van der Waals surface area contributed by atoms with Crippen LogP contribution in [0.1, 0.15) is 66.8 Å². The van der Waals surface area contributed by atoms with Gasteiger partial charge in [0.15, 0.2) is 0 Å². The molecule has 0 atom stereocenters. The Labute approximate surface area is 149 Å². The molecule has 1 heterocycles. The maximum atomic E-state index is 12.9. The van der Waals surface area contributed by atoms with Crippen LogP contribution in [-0.2, 0) is 9.53 Å². The van der Waals surface area contributed by atoms with E-state index in [2.05, 4.69) is 0 Å². The van der Waals surface area contributed by atoms with E-state index in [-0.39, 0.29) is 18.5 Å². The highest BCUT2D eigenvalue weighted by molar-refractivity contribution is 5.96. The number of nitrogens with zero attached hydrogens (tertiary/aromatic N) is 1. The summed E-state index contributed by atoms with van der Waals surface area (Å²) in [6.45, 7) is 1.37. The molecular weight excluding hydrogens is 318 g/mol. The lowest BCUT2D eigenvalue weighted by molar-refractivity contribution is -0.138. The summed E-state index contributed by atoms with van der Waals surface area (Å²) in [5, 5.41) is 9.22. The van der Waals surface area contributed by atoms with Crippen molar-refractivity contribution in [3.63, 3.8) is 0 Å². The lowest BCUT2D eigenvalue weighted by Crippen LogP contribution is -2.44. The van der Waals surface area contributed by atoms with Crippen LogP contribution in [0.4, 0.5) is 0 Å². The Balaban J connectivity index is 1.72. The third-order valence-corrected chi connectivity index (χ3v) is 5.43. The van der Waals surface area contributed by atoms with Gasteiger partial charge in [0.05, 0.1) is 0 Å². The predicted octanol–water partition coefficient (Wildman–Crippen LogP) is 3.44. The van der Waals surface area contributed by atoms with Gasteiger partial charge in [-0.15, -0.1) is 0 Å². The highest BCUT2D eigenvalue weighted by atomic mass is 16.5. The Morgan fingerprint density at radius 3 is 2.24 bits per heavy atom. The van der Waals surface area contributed by atoms with Crippen LogP contribution in [0, 0.1) is 0 Å². The molecule has 1 saturated carbocycles. The van der Waals surface area contributed by atoms with Crippen LogP contribution < -0.4 is 0 Å². The zero-order valence-corrected chi connectivity index (χ0v) is 14.7. The summed E-state index contributed by atoms with van der Waals surface area (Å²) >= 11 is 0. The van der Waals surface area contributed by atoms with Crippen LogP contribution in [0.3, 0.4) is 0 Å². The number of amides is 1. The van der Waals surface area contributed by atoms with E-state index in [1.54, 1.807) is 4.90 Å². The van der Waals surface area contributed by atoms with Gasteiger partial charge in [0.2, 0.25) is 0 Å². The van der Waals surface area contributed by atoms with Crippen molar-refractivity contribution in [1.82, 2.24) is 4.90 Å². The van der Waals surface area contributed by atoms with E-state index in [0.717, 1.165) is 51.7 Å². The molecule has 25 heavy (non-hydrogen) atoms. The van der Waals surface area contributed by atoms with Gasteiger partial charge in [-0.3, -0.25) is 9.59 Å². The monoisotopic (exact) mass is 345 g/mol. The zero-order chi connectivity index (χ0) is 17.6. The zero-order valence-electron chi connectivity index (χ0n) is 14.7. The fraction of sp³-hybridized carbons (Fsp3) is 0.600. The van der Waals surface area contributed by atoms with E-state index in [4.69, 9.17) is 4.74 Å². The summed E-state index contributed by atoms with van der Waals surface area (Å²) in [5.41, 5.74) is 1.82. The molecule has 1 saturated heterocycles. The average Bonchev–Trinajstić information content (AvgIpc) is 2.67. The van der Waals surface area contributed by atoms with Gasteiger partial charge in [0.25, 0.3) is 5.91 Å². The summed E-state index contributed by atoms with van der Waals surface area (Å²) < 4.78 is 5.40. The predicted molar refractivity (Wildman–Crippen MR) is 94.8 cm³/mol. The molecule has 0 spiro atoms. The minimum Gasteiger partial charge on any atom is -0.480 e. The van der Waals surface area contributed by atoms with Crippen LogP contribution in [0.5, 0.6) is 0 Å². The molecule has 1 aromatic rings. The number of ether oxygens (including phenoxy) is 1. The first kappa shape index (κ1) is 17.9. The fourth-order valence-electron chi connectivity index (χ4n) is 4.00. The van der Waals surface area contributed by atoms with E-state index < -0.39 is 5.97 Å². The number of carboxylic acids is 1. The summed E-state index contributed by atoms with van der Waals surface area (Å²) in [6.07, 6.45) is 7.14. The molecule has 1 N–H and O–H groups in total. The van der Waals surface area contributed by atoms with Crippen molar-refractivity contribution in [3.8, 4) is 0 Å². The summed E-state index contributed by atoms with van der Waals surface area (Å²) in [4.78, 5) is 25.7. The quantitative estimate of drug-likeness (QED) is 0.888. The van der Waals surface area contributed by atoms with E-state index >= 15 is 0 Å². The van der Waals surface area contributed by atoms with E-state index in [1.807, 2.05) is 24.3 Å². The second-order valence-electron chi connectivity index (χ2n) is 7.13. The minimum atomic E-state index is -0.947. The molecule has 1 aliphatic heterocycles. The SMILES string of the molecule is O=C(O)CN(C(=O)c1ccc(C2CCOCC2)cc1)C1CCCCC1. The minimum absolute atomic E-state index is 0.0486. The van der Waals surface area contributed by atoms with Crippen molar-refractivity contribution in [1.29, 1.82) is 0 Å². The van der Waals surface area contributed by atoms with Crippen LogP contribution in [0.2, 0.25) is 0 Å². The first-order chi connectivity index (χ1) is 12.1. The Hall–Kier alpha value is -1.88. The molecule has 1 aromatic carbocycles. The van der Waals surface area contributed by atoms with Gasteiger partial charge in [-0.05, 0) is 49.3 Å². The van der Waals surface area contributed by atoms with Crippen LogP contribution in [0.15, 0.2) is 24.3 Å². The van der Waals surface area contributed by atoms with Crippen molar-refractivity contribution in [2.24, 2.45) is 0 Å². The third-order valence-electron chi connectivity index (χ3n) is 5.43. The number of hydrogen-bond acceptors (Lipinski definition) is 3. The lowest BCUT2D eigenvalue weighted by Gasteiger charge is -2.33. The van der Waals surface area contributed by atoms with Gasteiger partial charge in [0, 0.05) is 24.8 Å². The van der Waals surface area contributed by atoms with Crippen molar-refractivity contribution in [3.05, 3.63) is 35.4 Å². The standard InChI is InChI=1S/C20H27NO4/c22-19(23)14-21(18-4-2-1-3-5-18)20(24)17-8-6-15(7-9-17)16-10-12-25-13-11-16/h6-9,16,18H,1-5,10-14H2,(H,22,23). The molecule has 0 radical (unpaired) electrons. The molecule has 5 heteroatoms. The normalized spacial score (nSPS) is 19.5. The van der Waals surface area contributed by atoms with Crippen LogP contribution >= 0.6 is 0 Å². The second kappa shape index (κ2) is 8.48. The van der Waals surface area contributed by atoms with E-state index in [1.165, 1.54) is 12.0 Å². The maximum absolute atomic E-state index is 12.9. The number of rotatable bonds is 5. The van der Waals surface area contributed by atoms with Gasteiger partial charge in [0.1, 0.15) is 6.54 Å². The third kappa shape index (κ3) is 4.60. The molecule has 5 nitrogen and oxygen atoms in total. The largest absolute Gasteiger partial charge is 0.480 e. The van der Waals surface area contributed by atoms with Crippen molar-refractivity contribution < 1.29 is 19.4 Å². The van der Waals surface area contributed by atoms with Gasteiger partial charge in [-0.2, -0.15) is 0 Å². The molecular formula is C20H27NO4. The Bertz CT molecular complexity index is 586. The van der Waals surface area contributed by atoms with Gasteiger partial charge < -0.3 is 14.7 Å². The number of aliphatic carboxylic acids is 1. The van der Waals surface area contributed by atoms with Crippen LogP contribution in [0.25, 0.3) is 0 Å². The van der Waals surface area contributed by atoms with Gasteiger partial charge in [-0.25, -0.2) is 0 Å². The Morgan fingerprint density at radius 2 is 1.64 bits per heavy atom. The van der Waals surface area contributed by atoms with Crippen LogP contribution in [-0.4, -0.2) is 47.7 Å². The molecule has 136 valence electrons. The highest BCUT2D eigenvalue weighted by Crippen LogP contribution is 2.28. The first-order valence-corrected chi connectivity index (χ1v) is 9.35. The second-order valence-corrected chi connectivity index (χ2v) is 7.13. The van der Waals surface area contributed by atoms with E-state index in [9.17, 15) is 14.7 Å². The number of hydrogen-bond donors (Lipinski definition) is 1. The number of carbonyl (C=O) groups is 2. The smallest absolute Gasteiger partial charge is 0.323 e. The summed E-state index contributed by atoms with van der Waals surface area (Å²) in [7, 11) is 0. The van der Waals surface area contributed by atoms with Crippen molar-refractivity contribution in [2.45, 2.75) is 56.9 Å². The van der Waals surface area contributed by atoms with E-state index in [0.29, 0.717) is 11.5 Å². The summed E-state index contributed by atoms with van der Waals surface area (Å²) in [6, 6.07) is 7.79. The Kier molecular flexibility index (Phi) is 6.08. The number of carbonyl (C=O) groups excluding carboxylic acids is 1. The Morgan fingerprint density at radius 1 is 1.00 bits per heavy atom. The fourth-order valence-corrected chi connectivity index (χ4v) is 4.00. The number of benzene rings is 1. The molecule has 2 fully saturated rings. The topological polar surface area (TPSA) is 66.8 Å². The molecule has 3 rings (SSSR count).